The molecule has 0 bridgehead atoms. The molecule has 0 radical (unpaired) electrons. The summed E-state index contributed by atoms with van der Waals surface area (Å²) in [5.41, 5.74) is 2.51. The highest BCUT2D eigenvalue weighted by Gasteiger charge is 2.53. The van der Waals surface area contributed by atoms with Crippen LogP contribution in [0.3, 0.4) is 0 Å². The molecular weight excluding hydrogens is 456 g/mol. The van der Waals surface area contributed by atoms with Crippen LogP contribution in [0.2, 0.25) is 0 Å². The first-order chi connectivity index (χ1) is 16.9. The number of carbonyl (C=O) groups is 2. The van der Waals surface area contributed by atoms with E-state index in [9.17, 15) is 9.59 Å². The third-order valence-electron chi connectivity index (χ3n) is 9.05. The number of fused-ring (bicyclic) bond motifs is 3. The van der Waals surface area contributed by atoms with Gasteiger partial charge in [0.2, 0.25) is 0 Å². The number of hydrogen-bond acceptors (Lipinski definition) is 5. The second kappa shape index (κ2) is 15.1. The SMILES string of the molecule is CCCC1(C)/C(=C\C=O)CCC2C3CCC(C/C(C)=N/OC(=O)NC)C3CCC21.CCCCCS. The summed E-state index contributed by atoms with van der Waals surface area (Å²) < 4.78 is 0. The van der Waals surface area contributed by atoms with E-state index in [0.717, 1.165) is 48.3 Å². The van der Waals surface area contributed by atoms with Gasteiger partial charge in [-0.3, -0.25) is 9.63 Å². The molecule has 3 saturated carbocycles. The minimum Gasteiger partial charge on any atom is -0.323 e. The number of nitrogens with one attached hydrogen (secondary N) is 1. The fourth-order valence-corrected chi connectivity index (χ4v) is 7.74. The molecule has 6 heteroatoms. The average molecular weight is 507 g/mol. The number of allylic oxidation sites excluding steroid dienone is 2. The Morgan fingerprint density at radius 2 is 1.86 bits per heavy atom. The molecule has 6 unspecified atom stereocenters. The third-order valence-corrected chi connectivity index (χ3v) is 9.37. The van der Waals surface area contributed by atoms with E-state index < -0.39 is 6.09 Å². The zero-order valence-corrected chi connectivity index (χ0v) is 23.7. The molecule has 0 saturated heterocycles. The Hall–Kier alpha value is -1.30. The Bertz CT molecular complexity index is 733. The highest BCUT2D eigenvalue weighted by atomic mass is 32.1. The standard InChI is InChI=1S/C24H38N2O3.C5H12S/c1-5-13-24(3)18(12-14-27)7-9-21-20-8-6-17(19(20)10-11-22(21)24)15-16(2)26-29-23(28)25-4;1-2-3-4-5-6/h12,14,17,19-22H,5-11,13,15H2,1-4H3,(H,25,28);6H,2-5H2,1H3/b18-12-,26-16+;. The van der Waals surface area contributed by atoms with Crippen LogP contribution in [0.1, 0.15) is 105 Å². The van der Waals surface area contributed by atoms with Crippen molar-refractivity contribution in [1.29, 1.82) is 0 Å². The van der Waals surface area contributed by atoms with Crippen LogP contribution in [-0.4, -0.2) is 30.9 Å². The van der Waals surface area contributed by atoms with E-state index >= 15 is 0 Å². The molecule has 5 nitrogen and oxygen atoms in total. The van der Waals surface area contributed by atoms with E-state index in [0.29, 0.717) is 11.8 Å². The van der Waals surface area contributed by atoms with Crippen LogP contribution in [0.15, 0.2) is 16.8 Å². The van der Waals surface area contributed by atoms with Crippen molar-refractivity contribution >= 4 is 30.7 Å². The Kier molecular flexibility index (Phi) is 12.9. The van der Waals surface area contributed by atoms with E-state index in [1.54, 1.807) is 7.05 Å². The van der Waals surface area contributed by atoms with Gasteiger partial charge in [-0.15, -0.1) is 0 Å². The zero-order valence-electron chi connectivity index (χ0n) is 22.9. The van der Waals surface area contributed by atoms with Crippen LogP contribution in [0, 0.1) is 35.0 Å². The van der Waals surface area contributed by atoms with Gasteiger partial charge in [0, 0.05) is 7.05 Å². The molecule has 0 spiro atoms. The zero-order chi connectivity index (χ0) is 25.8. The number of hydrogen-bond donors (Lipinski definition) is 2. The van der Waals surface area contributed by atoms with Gasteiger partial charge in [0.25, 0.3) is 0 Å². The summed E-state index contributed by atoms with van der Waals surface area (Å²) in [5, 5.41) is 6.45. The van der Waals surface area contributed by atoms with Gasteiger partial charge < -0.3 is 5.32 Å². The van der Waals surface area contributed by atoms with Crippen molar-refractivity contribution in [2.24, 2.45) is 40.2 Å². The number of unbranched alkanes of at least 4 members (excludes halogenated alkanes) is 2. The van der Waals surface area contributed by atoms with E-state index in [4.69, 9.17) is 4.84 Å². The van der Waals surface area contributed by atoms with Gasteiger partial charge >= 0.3 is 6.09 Å². The van der Waals surface area contributed by atoms with E-state index in [-0.39, 0.29) is 5.41 Å². The maximum atomic E-state index is 11.3. The van der Waals surface area contributed by atoms with Crippen molar-refractivity contribution in [2.75, 3.05) is 12.8 Å². The van der Waals surface area contributed by atoms with Crippen molar-refractivity contribution in [3.05, 3.63) is 11.6 Å². The lowest BCUT2D eigenvalue weighted by Gasteiger charge is -2.54. The van der Waals surface area contributed by atoms with Crippen LogP contribution < -0.4 is 5.32 Å². The van der Waals surface area contributed by atoms with Crippen LogP contribution in [-0.2, 0) is 9.63 Å². The molecule has 1 amide bonds. The summed E-state index contributed by atoms with van der Waals surface area (Å²) in [5.74, 6) is 4.78. The molecule has 3 aliphatic carbocycles. The summed E-state index contributed by atoms with van der Waals surface area (Å²) in [6.45, 7) is 8.87. The second-order valence-corrected chi connectivity index (χ2v) is 11.6. The first-order valence-electron chi connectivity index (χ1n) is 14.0. The molecule has 0 aromatic heterocycles. The molecule has 0 aliphatic heterocycles. The highest BCUT2D eigenvalue weighted by Crippen LogP contribution is 2.62. The second-order valence-electron chi connectivity index (χ2n) is 11.1. The van der Waals surface area contributed by atoms with E-state index in [1.807, 2.05) is 13.0 Å². The van der Waals surface area contributed by atoms with Gasteiger partial charge in [-0.05, 0) is 112 Å². The van der Waals surface area contributed by atoms with Crippen molar-refractivity contribution in [3.8, 4) is 0 Å². The summed E-state index contributed by atoms with van der Waals surface area (Å²) in [7, 11) is 1.54. The van der Waals surface area contributed by atoms with Gasteiger partial charge in [-0.25, -0.2) is 4.79 Å². The monoisotopic (exact) mass is 506 g/mol. The molecule has 3 aliphatic rings. The lowest BCUT2D eigenvalue weighted by molar-refractivity contribution is -0.104. The summed E-state index contributed by atoms with van der Waals surface area (Å²) in [6.07, 6.45) is 17.0. The van der Waals surface area contributed by atoms with Crippen molar-refractivity contribution < 1.29 is 14.4 Å². The molecule has 6 atom stereocenters. The molecule has 0 heterocycles. The number of aldehydes is 1. The van der Waals surface area contributed by atoms with Crippen LogP contribution in [0.25, 0.3) is 0 Å². The fourth-order valence-electron chi connectivity index (χ4n) is 7.52. The number of nitrogens with zero attached hydrogens (tertiary/aromatic N) is 1. The first-order valence-corrected chi connectivity index (χ1v) is 14.7. The average Bonchev–Trinajstić information content (AvgIpc) is 3.26. The highest BCUT2D eigenvalue weighted by molar-refractivity contribution is 7.80. The number of rotatable bonds is 9. The quantitative estimate of drug-likeness (QED) is 0.0643. The van der Waals surface area contributed by atoms with Crippen molar-refractivity contribution in [2.45, 2.75) is 105 Å². The number of oxime groups is 1. The van der Waals surface area contributed by atoms with E-state index in [1.165, 1.54) is 69.8 Å². The van der Waals surface area contributed by atoms with Gasteiger partial charge in [0.15, 0.2) is 0 Å². The van der Waals surface area contributed by atoms with Crippen LogP contribution in [0.4, 0.5) is 4.79 Å². The third kappa shape index (κ3) is 7.84. The molecule has 35 heavy (non-hydrogen) atoms. The Balaban J connectivity index is 0.000000641. The topological polar surface area (TPSA) is 67.8 Å². The minimum absolute atomic E-state index is 0.195. The first kappa shape index (κ1) is 29.9. The van der Waals surface area contributed by atoms with Crippen LogP contribution in [0.5, 0.6) is 0 Å². The molecule has 1 N–H and O–H groups in total. The van der Waals surface area contributed by atoms with Gasteiger partial charge in [0.05, 0.1) is 5.71 Å². The molecule has 3 fully saturated rings. The largest absolute Gasteiger partial charge is 0.433 e. The summed E-state index contributed by atoms with van der Waals surface area (Å²) in [4.78, 5) is 27.4. The maximum absolute atomic E-state index is 11.3. The summed E-state index contributed by atoms with van der Waals surface area (Å²) in [6, 6.07) is 0. The minimum atomic E-state index is -0.509. The maximum Gasteiger partial charge on any atom is 0.433 e. The molecule has 3 rings (SSSR count). The number of carbonyl (C=O) groups excluding carboxylic acids is 2. The Morgan fingerprint density at radius 1 is 1.11 bits per heavy atom. The predicted octanol–water partition coefficient (Wildman–Crippen LogP) is 7.61. The fraction of sp³-hybridized carbons (Fsp3) is 0.828. The molecule has 200 valence electrons. The smallest absolute Gasteiger partial charge is 0.323 e. The lowest BCUT2D eigenvalue weighted by atomic mass is 9.50. The Morgan fingerprint density at radius 3 is 2.46 bits per heavy atom. The number of amides is 1. The van der Waals surface area contributed by atoms with Crippen molar-refractivity contribution in [3.63, 3.8) is 0 Å². The van der Waals surface area contributed by atoms with E-state index in [2.05, 4.69) is 43.9 Å². The normalized spacial score (nSPS) is 33.3. The summed E-state index contributed by atoms with van der Waals surface area (Å²) >= 11 is 4.05. The molecular formula is C29H50N2O3S. The van der Waals surface area contributed by atoms with Gasteiger partial charge in [-0.2, -0.15) is 12.6 Å². The van der Waals surface area contributed by atoms with Gasteiger partial charge in [-0.1, -0.05) is 50.8 Å². The number of thiol groups is 1. The van der Waals surface area contributed by atoms with Crippen molar-refractivity contribution in [1.82, 2.24) is 5.32 Å². The predicted molar refractivity (Wildman–Crippen MR) is 149 cm³/mol. The molecule has 0 aromatic carbocycles. The Labute approximate surface area is 219 Å². The lowest BCUT2D eigenvalue weighted by Crippen LogP contribution is -2.46. The van der Waals surface area contributed by atoms with Gasteiger partial charge in [0.1, 0.15) is 6.29 Å². The van der Waals surface area contributed by atoms with Crippen LogP contribution >= 0.6 is 12.6 Å². The molecule has 0 aromatic rings.